The average molecular weight is 302 g/mol. The van der Waals surface area contributed by atoms with E-state index in [0.29, 0.717) is 18.7 Å². The molecule has 1 saturated heterocycles. The van der Waals surface area contributed by atoms with Crippen LogP contribution in [0.25, 0.3) is 0 Å². The van der Waals surface area contributed by atoms with Gasteiger partial charge in [-0.15, -0.1) is 0 Å². The summed E-state index contributed by atoms with van der Waals surface area (Å²) in [5.74, 6) is 0.861. The molecule has 118 valence electrons. The van der Waals surface area contributed by atoms with Crippen molar-refractivity contribution in [3.05, 3.63) is 29.8 Å². The van der Waals surface area contributed by atoms with Gasteiger partial charge in [-0.1, -0.05) is 12.1 Å². The molecule has 1 N–H and O–H groups in total. The Morgan fingerprint density at radius 1 is 1.50 bits per heavy atom. The first kappa shape index (κ1) is 16.3. The van der Waals surface area contributed by atoms with Crippen molar-refractivity contribution in [2.45, 2.75) is 32.2 Å². The third kappa shape index (κ3) is 4.22. The molecule has 5 nitrogen and oxygen atoms in total. The van der Waals surface area contributed by atoms with Gasteiger partial charge in [0, 0.05) is 19.2 Å². The number of hydrogen-bond donors (Lipinski definition) is 1. The molecule has 0 radical (unpaired) electrons. The fraction of sp³-hybridized carbons (Fsp3) is 0.529. The smallest absolute Gasteiger partial charge is 0.227 e. The predicted molar refractivity (Wildman–Crippen MR) is 82.2 cm³/mol. The Hall–Kier alpha value is -2.06. The van der Waals surface area contributed by atoms with E-state index in [1.54, 1.807) is 12.1 Å². The fourth-order valence-electron chi connectivity index (χ4n) is 2.82. The van der Waals surface area contributed by atoms with Crippen molar-refractivity contribution in [3.8, 4) is 11.8 Å². The zero-order valence-corrected chi connectivity index (χ0v) is 12.9. The molecule has 2 atom stereocenters. The number of nitrogens with zero attached hydrogens (tertiary/aromatic N) is 2. The van der Waals surface area contributed by atoms with E-state index >= 15 is 0 Å². The van der Waals surface area contributed by atoms with Crippen molar-refractivity contribution in [3.63, 3.8) is 0 Å². The highest BCUT2D eigenvalue weighted by molar-refractivity contribution is 5.79. The number of ether oxygens (including phenoxy) is 1. The molecule has 1 aliphatic rings. The number of aliphatic hydroxyl groups is 1. The van der Waals surface area contributed by atoms with Gasteiger partial charge < -0.3 is 14.7 Å². The molecule has 1 aliphatic heterocycles. The monoisotopic (exact) mass is 302 g/mol. The molecule has 5 heteroatoms. The van der Waals surface area contributed by atoms with Gasteiger partial charge in [0.25, 0.3) is 0 Å². The quantitative estimate of drug-likeness (QED) is 0.899. The van der Waals surface area contributed by atoms with Gasteiger partial charge in [-0.25, -0.2) is 0 Å². The summed E-state index contributed by atoms with van der Waals surface area (Å²) in [7, 11) is 0. The van der Waals surface area contributed by atoms with Crippen molar-refractivity contribution in [2.24, 2.45) is 5.92 Å². The van der Waals surface area contributed by atoms with Crippen LogP contribution in [-0.2, 0) is 11.2 Å². The van der Waals surface area contributed by atoms with E-state index in [-0.39, 0.29) is 31.1 Å². The van der Waals surface area contributed by atoms with Gasteiger partial charge in [-0.3, -0.25) is 4.79 Å². The van der Waals surface area contributed by atoms with Crippen molar-refractivity contribution >= 4 is 5.91 Å². The van der Waals surface area contributed by atoms with E-state index in [4.69, 9.17) is 10.00 Å². The van der Waals surface area contributed by atoms with Crippen molar-refractivity contribution in [1.29, 1.82) is 5.26 Å². The van der Waals surface area contributed by atoms with E-state index in [2.05, 4.69) is 6.92 Å². The summed E-state index contributed by atoms with van der Waals surface area (Å²) in [5.41, 5.74) is 0.874. The molecular weight excluding hydrogens is 280 g/mol. The van der Waals surface area contributed by atoms with Gasteiger partial charge in [-0.05, 0) is 43.4 Å². The highest BCUT2D eigenvalue weighted by Gasteiger charge is 2.28. The largest absolute Gasteiger partial charge is 0.479 e. The summed E-state index contributed by atoms with van der Waals surface area (Å²) in [6.45, 7) is 2.81. The molecule has 2 rings (SSSR count). The first-order valence-corrected chi connectivity index (χ1v) is 7.63. The number of benzene rings is 1. The highest BCUT2D eigenvalue weighted by Crippen LogP contribution is 2.23. The number of hydrogen-bond acceptors (Lipinski definition) is 4. The number of carbonyl (C=O) groups excluding carboxylic acids is 1. The molecule has 2 unspecified atom stereocenters. The molecule has 1 aromatic rings. The van der Waals surface area contributed by atoms with Gasteiger partial charge in [-0.2, -0.15) is 5.26 Å². The molecule has 1 amide bonds. The van der Waals surface area contributed by atoms with E-state index in [0.717, 1.165) is 18.4 Å². The number of rotatable bonds is 5. The summed E-state index contributed by atoms with van der Waals surface area (Å²) >= 11 is 0. The predicted octanol–water partition coefficient (Wildman–Crippen LogP) is 1.75. The van der Waals surface area contributed by atoms with Crippen molar-refractivity contribution < 1.29 is 14.6 Å². The number of carbonyl (C=O) groups is 1. The maximum absolute atomic E-state index is 12.5. The van der Waals surface area contributed by atoms with Crippen LogP contribution in [0.3, 0.4) is 0 Å². The molecule has 0 aliphatic carbocycles. The zero-order valence-electron chi connectivity index (χ0n) is 12.9. The summed E-state index contributed by atoms with van der Waals surface area (Å²) < 4.78 is 5.26. The Morgan fingerprint density at radius 3 is 3.05 bits per heavy atom. The Kier molecular flexibility index (Phi) is 5.79. The van der Waals surface area contributed by atoms with Crippen LogP contribution >= 0.6 is 0 Å². The van der Waals surface area contributed by atoms with Gasteiger partial charge in [0.2, 0.25) is 5.91 Å². The molecule has 0 aromatic heterocycles. The van der Waals surface area contributed by atoms with Crippen molar-refractivity contribution in [1.82, 2.24) is 4.90 Å². The highest BCUT2D eigenvalue weighted by atomic mass is 16.5. The maximum Gasteiger partial charge on any atom is 0.227 e. The fourth-order valence-corrected chi connectivity index (χ4v) is 2.82. The molecule has 0 bridgehead atoms. The Balaban J connectivity index is 2.00. The summed E-state index contributed by atoms with van der Waals surface area (Å²) in [6.07, 6.45) is 2.22. The maximum atomic E-state index is 12.5. The Bertz CT molecular complexity index is 553. The minimum Gasteiger partial charge on any atom is -0.479 e. The van der Waals surface area contributed by atoms with Crippen LogP contribution in [0.1, 0.15) is 25.3 Å². The van der Waals surface area contributed by atoms with Gasteiger partial charge in [0.1, 0.15) is 11.8 Å². The molecule has 0 saturated carbocycles. The van der Waals surface area contributed by atoms with Crippen molar-refractivity contribution in [2.75, 3.05) is 19.8 Å². The lowest BCUT2D eigenvalue weighted by Gasteiger charge is -2.37. The van der Waals surface area contributed by atoms with Crippen LogP contribution in [-0.4, -0.2) is 41.7 Å². The molecule has 0 spiro atoms. The molecule has 1 fully saturated rings. The van der Waals surface area contributed by atoms with Crippen LogP contribution in [0.4, 0.5) is 0 Å². The van der Waals surface area contributed by atoms with Gasteiger partial charge in [0.15, 0.2) is 6.61 Å². The second-order valence-corrected chi connectivity index (χ2v) is 5.79. The number of piperidine rings is 1. The van der Waals surface area contributed by atoms with Crippen LogP contribution in [0.15, 0.2) is 24.3 Å². The van der Waals surface area contributed by atoms with Crippen LogP contribution < -0.4 is 4.74 Å². The van der Waals surface area contributed by atoms with Crippen LogP contribution in [0.2, 0.25) is 0 Å². The van der Waals surface area contributed by atoms with E-state index in [1.807, 2.05) is 23.1 Å². The third-order valence-electron chi connectivity index (χ3n) is 4.12. The number of likely N-dealkylation sites (tertiary alicyclic amines) is 1. The lowest BCUT2D eigenvalue weighted by molar-refractivity contribution is -0.135. The minimum absolute atomic E-state index is 0.00125. The van der Waals surface area contributed by atoms with Crippen LogP contribution in [0, 0.1) is 17.2 Å². The minimum atomic E-state index is -0.00125. The van der Waals surface area contributed by atoms with Crippen LogP contribution in [0.5, 0.6) is 5.75 Å². The molecule has 1 aromatic carbocycles. The summed E-state index contributed by atoms with van der Waals surface area (Å²) in [6, 6.07) is 9.42. The first-order valence-electron chi connectivity index (χ1n) is 7.63. The molecule has 1 heterocycles. The normalized spacial score (nSPS) is 21.2. The van der Waals surface area contributed by atoms with Gasteiger partial charge in [0.05, 0.1) is 6.42 Å². The number of aliphatic hydroxyl groups excluding tert-OH is 1. The second-order valence-electron chi connectivity index (χ2n) is 5.79. The Morgan fingerprint density at radius 2 is 2.32 bits per heavy atom. The summed E-state index contributed by atoms with van der Waals surface area (Å²) in [4.78, 5) is 14.4. The SMILES string of the molecule is CC1CCC(CO)CN1C(=O)Cc1cccc(OCC#N)c1. The number of amides is 1. The average Bonchev–Trinajstić information content (AvgIpc) is 2.53. The van der Waals surface area contributed by atoms with Gasteiger partial charge >= 0.3 is 0 Å². The van der Waals surface area contributed by atoms with E-state index in [9.17, 15) is 9.90 Å². The number of nitriles is 1. The summed E-state index contributed by atoms with van der Waals surface area (Å²) in [5, 5.41) is 17.8. The topological polar surface area (TPSA) is 73.6 Å². The molecule has 22 heavy (non-hydrogen) atoms. The standard InChI is InChI=1S/C17H22N2O3/c1-13-5-6-15(12-20)11-19(13)17(21)10-14-3-2-4-16(9-14)22-8-7-18/h2-4,9,13,15,20H,5-6,8,10-12H2,1H3. The van der Waals surface area contributed by atoms with E-state index < -0.39 is 0 Å². The lowest BCUT2D eigenvalue weighted by Crippen LogP contribution is -2.46. The first-order chi connectivity index (χ1) is 10.6. The lowest BCUT2D eigenvalue weighted by atomic mass is 9.93. The zero-order chi connectivity index (χ0) is 15.9. The second kappa shape index (κ2) is 7.81. The van der Waals surface area contributed by atoms with E-state index in [1.165, 1.54) is 0 Å². The third-order valence-corrected chi connectivity index (χ3v) is 4.12. The molecular formula is C17H22N2O3. The Labute approximate surface area is 131 Å².